The quantitative estimate of drug-likeness (QED) is 0.525. The van der Waals surface area contributed by atoms with Crippen molar-refractivity contribution >= 4 is 21.9 Å². The minimum Gasteiger partial charge on any atom is -0.497 e. The van der Waals surface area contributed by atoms with Crippen molar-refractivity contribution in [1.29, 1.82) is 0 Å². The van der Waals surface area contributed by atoms with E-state index in [1.807, 2.05) is 0 Å². The number of anilines is 1. The summed E-state index contributed by atoms with van der Waals surface area (Å²) in [4.78, 5) is 4.36. The van der Waals surface area contributed by atoms with Crippen LogP contribution >= 0.6 is 0 Å². The fourth-order valence-corrected chi connectivity index (χ4v) is 4.29. The molecule has 1 fully saturated rings. The standard InChI is InChI=1S/C17H29N5O4S/c1-21(2)27(23,24)22-10-6-5-7-13(22)12-19-17(18)20-15-11-14(25-3)8-9-16(15)26-4/h8-9,11,13H,5-7,10,12H2,1-4H3,(H3,18,19,20). The SMILES string of the molecule is COc1ccc(OC)c(NC(N)=NCC2CCCCN2S(=O)(=O)N(C)C)c1. The molecule has 1 aliphatic rings. The largest absolute Gasteiger partial charge is 0.497 e. The van der Waals surface area contributed by atoms with Gasteiger partial charge in [0.25, 0.3) is 10.2 Å². The minimum absolute atomic E-state index is 0.189. The lowest BCUT2D eigenvalue weighted by Crippen LogP contribution is -2.50. The molecule has 1 aromatic rings. The van der Waals surface area contributed by atoms with Crippen molar-refractivity contribution in [3.05, 3.63) is 18.2 Å². The van der Waals surface area contributed by atoms with E-state index >= 15 is 0 Å². The minimum atomic E-state index is -3.48. The van der Waals surface area contributed by atoms with Crippen LogP contribution in [0.4, 0.5) is 5.69 Å². The number of piperidine rings is 1. The van der Waals surface area contributed by atoms with Gasteiger partial charge in [0.05, 0.1) is 26.5 Å². The van der Waals surface area contributed by atoms with Crippen LogP contribution in [0.2, 0.25) is 0 Å². The van der Waals surface area contributed by atoms with Gasteiger partial charge in [-0.05, 0) is 25.0 Å². The first-order chi connectivity index (χ1) is 12.8. The number of benzene rings is 1. The van der Waals surface area contributed by atoms with Crippen molar-refractivity contribution in [2.75, 3.05) is 46.7 Å². The van der Waals surface area contributed by atoms with Crippen molar-refractivity contribution in [1.82, 2.24) is 8.61 Å². The summed E-state index contributed by atoms with van der Waals surface area (Å²) in [5, 5.41) is 3.00. The average Bonchev–Trinajstić information content (AvgIpc) is 2.66. The monoisotopic (exact) mass is 399 g/mol. The van der Waals surface area contributed by atoms with E-state index in [2.05, 4.69) is 10.3 Å². The summed E-state index contributed by atoms with van der Waals surface area (Å²) in [5.41, 5.74) is 6.64. The van der Waals surface area contributed by atoms with Crippen molar-refractivity contribution < 1.29 is 17.9 Å². The van der Waals surface area contributed by atoms with Crippen LogP contribution in [0.3, 0.4) is 0 Å². The summed E-state index contributed by atoms with van der Waals surface area (Å²) in [5.74, 6) is 1.44. The van der Waals surface area contributed by atoms with E-state index in [4.69, 9.17) is 15.2 Å². The van der Waals surface area contributed by atoms with Gasteiger partial charge in [0.1, 0.15) is 11.5 Å². The number of hydrogen-bond acceptors (Lipinski definition) is 5. The normalized spacial score (nSPS) is 19.1. The molecule has 1 aromatic carbocycles. The molecule has 0 aliphatic carbocycles. The maximum atomic E-state index is 12.5. The van der Waals surface area contributed by atoms with Gasteiger partial charge in [-0.2, -0.15) is 17.0 Å². The van der Waals surface area contributed by atoms with E-state index < -0.39 is 10.2 Å². The van der Waals surface area contributed by atoms with Crippen molar-refractivity contribution in [2.24, 2.45) is 10.7 Å². The highest BCUT2D eigenvalue weighted by molar-refractivity contribution is 7.86. The average molecular weight is 400 g/mol. The molecule has 1 aliphatic heterocycles. The number of guanidine groups is 1. The van der Waals surface area contributed by atoms with Gasteiger partial charge in [0.15, 0.2) is 5.96 Å². The van der Waals surface area contributed by atoms with Gasteiger partial charge in [-0.1, -0.05) is 6.42 Å². The number of nitrogens with zero attached hydrogens (tertiary/aromatic N) is 3. The fraction of sp³-hybridized carbons (Fsp3) is 0.588. The zero-order valence-corrected chi connectivity index (χ0v) is 17.1. The number of ether oxygens (including phenoxy) is 2. The Balaban J connectivity index is 2.12. The molecule has 9 nitrogen and oxygen atoms in total. The predicted octanol–water partition coefficient (Wildman–Crippen LogP) is 1.09. The van der Waals surface area contributed by atoms with Crippen LogP contribution in [0.1, 0.15) is 19.3 Å². The Morgan fingerprint density at radius 2 is 2.07 bits per heavy atom. The first-order valence-electron chi connectivity index (χ1n) is 8.78. The highest BCUT2D eigenvalue weighted by atomic mass is 32.2. The van der Waals surface area contributed by atoms with Crippen molar-refractivity contribution in [3.63, 3.8) is 0 Å². The Bertz CT molecular complexity index is 767. The third-order valence-electron chi connectivity index (χ3n) is 4.47. The maximum Gasteiger partial charge on any atom is 0.281 e. The molecule has 3 N–H and O–H groups in total. The van der Waals surface area contributed by atoms with Gasteiger partial charge in [-0.3, -0.25) is 4.99 Å². The smallest absolute Gasteiger partial charge is 0.281 e. The molecule has 0 bridgehead atoms. The molecule has 152 valence electrons. The highest BCUT2D eigenvalue weighted by Crippen LogP contribution is 2.28. The van der Waals surface area contributed by atoms with Crippen LogP contribution in [0, 0.1) is 0 Å². The molecule has 0 saturated carbocycles. The van der Waals surface area contributed by atoms with Crippen LogP contribution in [0.5, 0.6) is 11.5 Å². The van der Waals surface area contributed by atoms with Crippen LogP contribution in [0.25, 0.3) is 0 Å². The molecule has 10 heteroatoms. The number of methoxy groups -OCH3 is 2. The molecule has 1 heterocycles. The molecular formula is C17H29N5O4S. The van der Waals surface area contributed by atoms with Crippen LogP contribution < -0.4 is 20.5 Å². The lowest BCUT2D eigenvalue weighted by molar-refractivity contribution is 0.245. The molecule has 1 unspecified atom stereocenters. The number of nitrogens with one attached hydrogen (secondary N) is 1. The second-order valence-corrected chi connectivity index (χ2v) is 8.56. The Kier molecular flexibility index (Phi) is 7.28. The van der Waals surface area contributed by atoms with Gasteiger partial charge in [-0.25, -0.2) is 0 Å². The van der Waals surface area contributed by atoms with E-state index in [0.717, 1.165) is 19.3 Å². The highest BCUT2D eigenvalue weighted by Gasteiger charge is 2.33. The van der Waals surface area contributed by atoms with Crippen LogP contribution in [0.15, 0.2) is 23.2 Å². The lowest BCUT2D eigenvalue weighted by atomic mass is 10.1. The summed E-state index contributed by atoms with van der Waals surface area (Å²) in [6.45, 7) is 0.788. The molecule has 1 atom stereocenters. The number of nitrogens with two attached hydrogens (primary N) is 1. The fourth-order valence-electron chi connectivity index (χ4n) is 2.96. The summed E-state index contributed by atoms with van der Waals surface area (Å²) in [6.07, 6.45) is 2.57. The third kappa shape index (κ3) is 5.24. The molecule has 1 saturated heterocycles. The van der Waals surface area contributed by atoms with E-state index in [9.17, 15) is 8.42 Å². The zero-order valence-electron chi connectivity index (χ0n) is 16.3. The molecule has 2 rings (SSSR count). The number of aliphatic imine (C=N–C) groups is 1. The van der Waals surface area contributed by atoms with Crippen molar-refractivity contribution in [3.8, 4) is 11.5 Å². The molecular weight excluding hydrogens is 370 g/mol. The molecule has 0 aromatic heterocycles. The number of rotatable bonds is 7. The maximum absolute atomic E-state index is 12.5. The summed E-state index contributed by atoms with van der Waals surface area (Å²) in [7, 11) is 2.74. The number of hydrogen-bond donors (Lipinski definition) is 2. The van der Waals surface area contributed by atoms with Gasteiger partial charge < -0.3 is 20.5 Å². The van der Waals surface area contributed by atoms with Gasteiger partial charge in [0.2, 0.25) is 0 Å². The predicted molar refractivity (Wildman–Crippen MR) is 107 cm³/mol. The third-order valence-corrected chi connectivity index (χ3v) is 6.47. The molecule has 0 spiro atoms. The van der Waals surface area contributed by atoms with Gasteiger partial charge in [0, 0.05) is 32.7 Å². The first kappa shape index (κ1) is 21.3. The van der Waals surface area contributed by atoms with Crippen molar-refractivity contribution in [2.45, 2.75) is 25.3 Å². The summed E-state index contributed by atoms with van der Waals surface area (Å²) < 4.78 is 38.3. The topological polar surface area (TPSA) is 109 Å². The Hall–Kier alpha value is -2.04. The second-order valence-electron chi connectivity index (χ2n) is 6.47. The van der Waals surface area contributed by atoms with Gasteiger partial charge >= 0.3 is 0 Å². The summed E-state index contributed by atoms with van der Waals surface area (Å²) in [6, 6.07) is 5.09. The van der Waals surface area contributed by atoms with E-state index in [0.29, 0.717) is 23.7 Å². The van der Waals surface area contributed by atoms with Gasteiger partial charge in [-0.15, -0.1) is 0 Å². The Labute approximate surface area is 161 Å². The second kappa shape index (κ2) is 9.25. The first-order valence-corrected chi connectivity index (χ1v) is 10.2. The van der Waals surface area contributed by atoms with E-state index in [1.54, 1.807) is 32.4 Å². The lowest BCUT2D eigenvalue weighted by Gasteiger charge is -2.35. The zero-order chi connectivity index (χ0) is 20.0. The van der Waals surface area contributed by atoms with E-state index in [-0.39, 0.29) is 18.5 Å². The molecule has 0 amide bonds. The van der Waals surface area contributed by atoms with Crippen LogP contribution in [-0.2, 0) is 10.2 Å². The molecule has 27 heavy (non-hydrogen) atoms. The Morgan fingerprint density at radius 3 is 2.70 bits per heavy atom. The van der Waals surface area contributed by atoms with Crippen LogP contribution in [-0.4, -0.2) is 70.4 Å². The van der Waals surface area contributed by atoms with E-state index in [1.165, 1.54) is 22.7 Å². The Morgan fingerprint density at radius 1 is 1.33 bits per heavy atom. The summed E-state index contributed by atoms with van der Waals surface area (Å²) >= 11 is 0. The molecule has 0 radical (unpaired) electrons.